The minimum Gasteiger partial charge on any atom is -0.381 e. The van der Waals surface area contributed by atoms with Crippen molar-refractivity contribution in [2.75, 3.05) is 5.32 Å². The van der Waals surface area contributed by atoms with E-state index in [0.29, 0.717) is 6.04 Å². The summed E-state index contributed by atoms with van der Waals surface area (Å²) in [6.07, 6.45) is 3.74. The molecule has 2 atom stereocenters. The summed E-state index contributed by atoms with van der Waals surface area (Å²) in [6.45, 7) is 4.35. The number of nitrogens with zero attached hydrogens (tertiary/aromatic N) is 1. The molecule has 1 aliphatic carbocycles. The van der Waals surface area contributed by atoms with Gasteiger partial charge in [0.15, 0.2) is 0 Å². The number of aryl methyl sites for hydroxylation is 1. The molecule has 0 aliphatic heterocycles. The van der Waals surface area contributed by atoms with Crippen LogP contribution < -0.4 is 5.32 Å². The normalized spacial score (nSPS) is 24.1. The smallest absolute Gasteiger partial charge is 0.101 e. The molecule has 0 heterocycles. The van der Waals surface area contributed by atoms with Crippen molar-refractivity contribution in [2.24, 2.45) is 5.92 Å². The Hall–Kier alpha value is -1.49. The van der Waals surface area contributed by atoms with Crippen molar-refractivity contribution in [3.05, 3.63) is 29.3 Å². The molecule has 84 valence electrons. The van der Waals surface area contributed by atoms with E-state index in [1.165, 1.54) is 24.8 Å². The summed E-state index contributed by atoms with van der Waals surface area (Å²) >= 11 is 0. The van der Waals surface area contributed by atoms with Crippen LogP contribution in [0.4, 0.5) is 5.69 Å². The number of anilines is 1. The van der Waals surface area contributed by atoms with E-state index in [-0.39, 0.29) is 0 Å². The number of hydrogen-bond acceptors (Lipinski definition) is 2. The zero-order valence-electron chi connectivity index (χ0n) is 9.96. The molecule has 1 fully saturated rings. The highest BCUT2D eigenvalue weighted by Gasteiger charge is 2.21. The number of hydrogen-bond donors (Lipinski definition) is 1. The van der Waals surface area contributed by atoms with Crippen molar-refractivity contribution in [1.29, 1.82) is 5.26 Å². The number of rotatable bonds is 2. The zero-order chi connectivity index (χ0) is 11.5. The summed E-state index contributed by atoms with van der Waals surface area (Å²) in [5.41, 5.74) is 2.96. The molecule has 1 saturated carbocycles. The highest BCUT2D eigenvalue weighted by Crippen LogP contribution is 2.28. The first-order chi connectivity index (χ1) is 7.69. The van der Waals surface area contributed by atoms with Crippen LogP contribution in [0.25, 0.3) is 0 Å². The van der Waals surface area contributed by atoms with Crippen LogP contribution in [0, 0.1) is 24.2 Å². The summed E-state index contributed by atoms with van der Waals surface area (Å²) in [7, 11) is 0. The summed E-state index contributed by atoms with van der Waals surface area (Å²) in [4.78, 5) is 0. The minimum absolute atomic E-state index is 0.545. The molecule has 2 unspecified atom stereocenters. The highest BCUT2D eigenvalue weighted by atomic mass is 14.9. The summed E-state index contributed by atoms with van der Waals surface area (Å²) in [5.74, 6) is 0.813. The Kier molecular flexibility index (Phi) is 3.14. The second kappa shape index (κ2) is 4.57. The van der Waals surface area contributed by atoms with E-state index in [2.05, 4.69) is 31.3 Å². The Morgan fingerprint density at radius 2 is 2.19 bits per heavy atom. The van der Waals surface area contributed by atoms with Crippen molar-refractivity contribution in [3.8, 4) is 6.07 Å². The topological polar surface area (TPSA) is 35.8 Å². The van der Waals surface area contributed by atoms with Crippen LogP contribution >= 0.6 is 0 Å². The average molecular weight is 214 g/mol. The van der Waals surface area contributed by atoms with Crippen LogP contribution in [0.3, 0.4) is 0 Å². The molecule has 0 spiro atoms. The lowest BCUT2D eigenvalue weighted by molar-refractivity contribution is 0.602. The van der Waals surface area contributed by atoms with Gasteiger partial charge in [0.2, 0.25) is 0 Å². The fourth-order valence-corrected chi connectivity index (χ4v) is 2.43. The van der Waals surface area contributed by atoms with Crippen LogP contribution in [-0.4, -0.2) is 6.04 Å². The average Bonchev–Trinajstić information content (AvgIpc) is 2.64. The molecule has 0 amide bonds. The monoisotopic (exact) mass is 214 g/mol. The fourth-order valence-electron chi connectivity index (χ4n) is 2.43. The van der Waals surface area contributed by atoms with Crippen LogP contribution in [0.2, 0.25) is 0 Å². The van der Waals surface area contributed by atoms with E-state index < -0.39 is 0 Å². The minimum atomic E-state index is 0.545. The lowest BCUT2D eigenvalue weighted by Gasteiger charge is -2.15. The van der Waals surface area contributed by atoms with Crippen LogP contribution in [0.15, 0.2) is 18.2 Å². The van der Waals surface area contributed by atoms with E-state index in [9.17, 15) is 0 Å². The Morgan fingerprint density at radius 1 is 1.38 bits per heavy atom. The van der Waals surface area contributed by atoms with Gasteiger partial charge in [-0.05, 0) is 49.8 Å². The van der Waals surface area contributed by atoms with Crippen molar-refractivity contribution < 1.29 is 0 Å². The molecular weight excluding hydrogens is 196 g/mol. The van der Waals surface area contributed by atoms with Gasteiger partial charge in [-0.1, -0.05) is 13.0 Å². The predicted octanol–water partition coefficient (Wildman–Crippen LogP) is 3.47. The van der Waals surface area contributed by atoms with Gasteiger partial charge < -0.3 is 5.32 Å². The summed E-state index contributed by atoms with van der Waals surface area (Å²) in [6, 6.07) is 8.75. The van der Waals surface area contributed by atoms with Gasteiger partial charge in [0.25, 0.3) is 0 Å². The van der Waals surface area contributed by atoms with Gasteiger partial charge in [0.1, 0.15) is 6.07 Å². The molecule has 2 heteroatoms. The molecule has 16 heavy (non-hydrogen) atoms. The third-order valence-electron chi connectivity index (χ3n) is 3.35. The molecule has 1 aromatic carbocycles. The first-order valence-corrected chi connectivity index (χ1v) is 5.96. The van der Waals surface area contributed by atoms with Gasteiger partial charge in [-0.25, -0.2) is 0 Å². The van der Waals surface area contributed by atoms with Gasteiger partial charge in [-0.3, -0.25) is 0 Å². The third kappa shape index (κ3) is 2.36. The molecule has 1 aromatic rings. The van der Waals surface area contributed by atoms with Gasteiger partial charge in [0.05, 0.1) is 11.3 Å². The maximum absolute atomic E-state index is 9.05. The predicted molar refractivity (Wildman–Crippen MR) is 66.3 cm³/mol. The standard InChI is InChI=1S/C14H18N2/c1-10-4-6-13(7-10)16-14-8-11(2)3-5-12(14)9-15/h3,5,8,10,13,16H,4,6-7H2,1-2H3. The molecular formula is C14H18N2. The molecule has 2 rings (SSSR count). The first-order valence-electron chi connectivity index (χ1n) is 5.96. The van der Waals surface area contributed by atoms with Gasteiger partial charge in [-0.2, -0.15) is 5.26 Å². The maximum Gasteiger partial charge on any atom is 0.101 e. The van der Waals surface area contributed by atoms with Gasteiger partial charge in [0, 0.05) is 6.04 Å². The Labute approximate surface area is 97.3 Å². The molecule has 1 N–H and O–H groups in total. The van der Waals surface area contributed by atoms with Crippen LogP contribution in [-0.2, 0) is 0 Å². The van der Waals surface area contributed by atoms with E-state index in [0.717, 1.165) is 17.2 Å². The summed E-state index contributed by atoms with van der Waals surface area (Å²) < 4.78 is 0. The lowest BCUT2D eigenvalue weighted by Crippen LogP contribution is -2.16. The largest absolute Gasteiger partial charge is 0.381 e. The second-order valence-corrected chi connectivity index (χ2v) is 4.92. The highest BCUT2D eigenvalue weighted by molar-refractivity contribution is 5.59. The third-order valence-corrected chi connectivity index (χ3v) is 3.35. The van der Waals surface area contributed by atoms with Crippen LogP contribution in [0.1, 0.15) is 37.3 Å². The Balaban J connectivity index is 2.14. The second-order valence-electron chi connectivity index (χ2n) is 4.92. The fraction of sp³-hybridized carbons (Fsp3) is 0.500. The van der Waals surface area contributed by atoms with E-state index >= 15 is 0 Å². The lowest BCUT2D eigenvalue weighted by atomic mass is 10.1. The van der Waals surface area contributed by atoms with Crippen molar-refractivity contribution in [1.82, 2.24) is 0 Å². The number of nitrogens with one attached hydrogen (secondary N) is 1. The van der Waals surface area contributed by atoms with Crippen LogP contribution in [0.5, 0.6) is 0 Å². The van der Waals surface area contributed by atoms with Crippen molar-refractivity contribution in [3.63, 3.8) is 0 Å². The molecule has 0 radical (unpaired) electrons. The SMILES string of the molecule is Cc1ccc(C#N)c(NC2CCC(C)C2)c1. The van der Waals surface area contributed by atoms with E-state index in [4.69, 9.17) is 5.26 Å². The number of nitriles is 1. The summed E-state index contributed by atoms with van der Waals surface area (Å²) in [5, 5.41) is 12.6. The first kappa shape index (κ1) is 11.0. The van der Waals surface area contributed by atoms with Gasteiger partial charge in [-0.15, -0.1) is 0 Å². The quantitative estimate of drug-likeness (QED) is 0.818. The molecule has 2 nitrogen and oxygen atoms in total. The molecule has 0 bridgehead atoms. The zero-order valence-corrected chi connectivity index (χ0v) is 9.96. The molecule has 0 saturated heterocycles. The number of benzene rings is 1. The molecule has 1 aliphatic rings. The Morgan fingerprint density at radius 3 is 2.81 bits per heavy atom. The van der Waals surface area contributed by atoms with Crippen molar-refractivity contribution >= 4 is 5.69 Å². The maximum atomic E-state index is 9.05. The van der Waals surface area contributed by atoms with Gasteiger partial charge >= 0.3 is 0 Å². The van der Waals surface area contributed by atoms with E-state index in [1.807, 2.05) is 12.1 Å². The van der Waals surface area contributed by atoms with Crippen molar-refractivity contribution in [2.45, 2.75) is 39.2 Å². The van der Waals surface area contributed by atoms with E-state index in [1.54, 1.807) is 0 Å². The molecule has 0 aromatic heterocycles. The Bertz CT molecular complexity index is 417.